The average Bonchev–Trinajstić information content (AvgIpc) is 2.78. The molecule has 0 bridgehead atoms. The minimum Gasteiger partial charge on any atom is -0.349 e. The van der Waals surface area contributed by atoms with Crippen molar-refractivity contribution in [2.75, 3.05) is 5.32 Å². The van der Waals surface area contributed by atoms with Gasteiger partial charge in [-0.25, -0.2) is 0 Å². The van der Waals surface area contributed by atoms with E-state index in [0.29, 0.717) is 10.7 Å². The molecule has 1 N–H and O–H groups in total. The van der Waals surface area contributed by atoms with Crippen molar-refractivity contribution >= 4 is 40.7 Å². The summed E-state index contributed by atoms with van der Waals surface area (Å²) in [4.78, 5) is 26.0. The van der Waals surface area contributed by atoms with Crippen LogP contribution in [0.3, 0.4) is 0 Å². The van der Waals surface area contributed by atoms with Crippen molar-refractivity contribution in [1.82, 2.24) is 4.90 Å². The minimum absolute atomic E-state index is 0.0722. The third-order valence-electron chi connectivity index (χ3n) is 3.82. The molecule has 0 unspecified atom stereocenters. The van der Waals surface area contributed by atoms with Crippen LogP contribution < -0.4 is 5.32 Å². The third kappa shape index (κ3) is 3.03. The monoisotopic (exact) mass is 360 g/mol. The van der Waals surface area contributed by atoms with E-state index in [2.05, 4.69) is 5.32 Å². The van der Waals surface area contributed by atoms with E-state index < -0.39 is 11.8 Å². The second kappa shape index (κ2) is 6.67. The van der Waals surface area contributed by atoms with E-state index in [0.717, 1.165) is 16.0 Å². The number of hydrogen-bond donors (Lipinski definition) is 1. The van der Waals surface area contributed by atoms with Crippen molar-refractivity contribution < 1.29 is 9.59 Å². The van der Waals surface area contributed by atoms with Gasteiger partial charge in [0.2, 0.25) is 0 Å². The van der Waals surface area contributed by atoms with Crippen molar-refractivity contribution in [3.05, 3.63) is 75.4 Å². The number of amides is 2. The van der Waals surface area contributed by atoms with Crippen molar-refractivity contribution in [1.29, 1.82) is 0 Å². The Hall–Kier alpha value is -2.30. The predicted octanol–water partition coefficient (Wildman–Crippen LogP) is 4.08. The van der Waals surface area contributed by atoms with Crippen molar-refractivity contribution in [2.45, 2.75) is 13.5 Å². The number of anilines is 1. The normalized spacial score (nSPS) is 14.5. The maximum absolute atomic E-state index is 12.6. The lowest BCUT2D eigenvalue weighted by molar-refractivity contribution is -0.138. The summed E-state index contributed by atoms with van der Waals surface area (Å²) in [6.07, 6.45) is 0. The van der Waals surface area contributed by atoms with E-state index in [4.69, 9.17) is 23.2 Å². The first kappa shape index (κ1) is 16.6. The van der Waals surface area contributed by atoms with E-state index in [-0.39, 0.29) is 17.3 Å². The molecule has 0 atom stereocenters. The van der Waals surface area contributed by atoms with Gasteiger partial charge in [0.05, 0.1) is 6.54 Å². The van der Waals surface area contributed by atoms with E-state index in [1.165, 1.54) is 0 Å². The maximum Gasteiger partial charge on any atom is 0.279 e. The minimum atomic E-state index is -0.507. The largest absolute Gasteiger partial charge is 0.349 e. The van der Waals surface area contributed by atoms with E-state index in [9.17, 15) is 9.59 Å². The number of carbonyl (C=O) groups excluding carboxylic acids is 2. The molecule has 0 aliphatic carbocycles. The molecule has 0 saturated carbocycles. The molecule has 1 heterocycles. The van der Waals surface area contributed by atoms with Crippen LogP contribution in [0.15, 0.2) is 59.3 Å². The molecule has 3 rings (SSSR count). The summed E-state index contributed by atoms with van der Waals surface area (Å²) in [5, 5.41) is 3.40. The number of halogens is 2. The van der Waals surface area contributed by atoms with Gasteiger partial charge in [-0.3, -0.25) is 14.5 Å². The summed E-state index contributed by atoms with van der Waals surface area (Å²) in [7, 11) is 0. The summed E-state index contributed by atoms with van der Waals surface area (Å²) in [5.41, 5.74) is 2.34. The highest BCUT2D eigenvalue weighted by molar-refractivity contribution is 6.48. The quantitative estimate of drug-likeness (QED) is 0.835. The van der Waals surface area contributed by atoms with Crippen LogP contribution in [0, 0.1) is 6.92 Å². The molecule has 4 nitrogen and oxygen atoms in total. The van der Waals surface area contributed by atoms with Gasteiger partial charge in [-0.2, -0.15) is 0 Å². The van der Waals surface area contributed by atoms with Gasteiger partial charge in [0.15, 0.2) is 0 Å². The Labute approximate surface area is 149 Å². The molecule has 0 fully saturated rings. The third-order valence-corrected chi connectivity index (χ3v) is 4.58. The molecule has 0 spiro atoms. The summed E-state index contributed by atoms with van der Waals surface area (Å²) in [6, 6.07) is 14.6. The molecule has 1 aliphatic heterocycles. The van der Waals surface area contributed by atoms with Gasteiger partial charge in [0.1, 0.15) is 10.7 Å². The smallest absolute Gasteiger partial charge is 0.279 e. The molecule has 0 radical (unpaired) electrons. The highest BCUT2D eigenvalue weighted by atomic mass is 35.5. The van der Waals surface area contributed by atoms with Crippen molar-refractivity contribution in [3.8, 4) is 0 Å². The lowest BCUT2D eigenvalue weighted by Crippen LogP contribution is -2.31. The van der Waals surface area contributed by atoms with Gasteiger partial charge in [-0.1, -0.05) is 59.6 Å². The molecule has 2 aromatic carbocycles. The topological polar surface area (TPSA) is 49.4 Å². The van der Waals surface area contributed by atoms with Gasteiger partial charge >= 0.3 is 0 Å². The second-order valence-electron chi connectivity index (χ2n) is 5.41. The number of nitrogens with one attached hydrogen (secondary N) is 1. The molecule has 1 aliphatic rings. The molecular formula is C18H14Cl2N2O2. The Bertz CT molecular complexity index is 847. The molecule has 2 amide bonds. The average molecular weight is 361 g/mol. The summed E-state index contributed by atoms with van der Waals surface area (Å²) >= 11 is 12.2. The van der Waals surface area contributed by atoms with Crippen LogP contribution in [0.4, 0.5) is 5.69 Å². The zero-order chi connectivity index (χ0) is 17.3. The summed E-state index contributed by atoms with van der Waals surface area (Å²) < 4.78 is 0. The Balaban J connectivity index is 1.85. The summed E-state index contributed by atoms with van der Waals surface area (Å²) in [6.45, 7) is 2.00. The van der Waals surface area contributed by atoms with Crippen LogP contribution >= 0.6 is 23.2 Å². The number of carbonyl (C=O) groups is 2. The molecule has 6 heteroatoms. The first-order valence-corrected chi connectivity index (χ1v) is 8.06. The maximum atomic E-state index is 12.6. The highest BCUT2D eigenvalue weighted by Gasteiger charge is 2.37. The van der Waals surface area contributed by atoms with Gasteiger partial charge in [-0.15, -0.1) is 0 Å². The van der Waals surface area contributed by atoms with Crippen LogP contribution in [-0.2, 0) is 16.1 Å². The standard InChI is InChI=1S/C18H14Cl2N2O2/c1-11-13(19)8-5-9-14(11)21-16-15(20)17(23)22(18(16)24)10-12-6-3-2-4-7-12/h2-9,21H,10H2,1H3. The Kier molecular flexibility index (Phi) is 4.60. The fourth-order valence-corrected chi connectivity index (χ4v) is 2.85. The van der Waals surface area contributed by atoms with Crippen molar-refractivity contribution in [3.63, 3.8) is 0 Å². The highest BCUT2D eigenvalue weighted by Crippen LogP contribution is 2.30. The lowest BCUT2D eigenvalue weighted by Gasteiger charge is -2.15. The van der Waals surface area contributed by atoms with E-state index >= 15 is 0 Å². The zero-order valence-corrected chi connectivity index (χ0v) is 14.4. The zero-order valence-electron chi connectivity index (χ0n) is 12.8. The molecule has 0 saturated heterocycles. The SMILES string of the molecule is Cc1c(Cl)cccc1NC1=C(Cl)C(=O)N(Cc2ccccc2)C1=O. The second-order valence-corrected chi connectivity index (χ2v) is 6.19. The number of imide groups is 1. The number of rotatable bonds is 4. The van der Waals surface area contributed by atoms with Gasteiger partial charge in [0, 0.05) is 10.7 Å². The Morgan fingerprint density at radius 1 is 0.958 bits per heavy atom. The molecule has 0 aromatic heterocycles. The Morgan fingerprint density at radius 3 is 2.38 bits per heavy atom. The number of benzene rings is 2. The molecule has 122 valence electrons. The summed E-state index contributed by atoms with van der Waals surface area (Å²) in [5.74, 6) is -0.957. The van der Waals surface area contributed by atoms with Crippen molar-refractivity contribution in [2.24, 2.45) is 0 Å². The molecular weight excluding hydrogens is 347 g/mol. The number of hydrogen-bond acceptors (Lipinski definition) is 3. The van der Waals surface area contributed by atoms with Crippen LogP contribution in [-0.4, -0.2) is 16.7 Å². The van der Waals surface area contributed by atoms with E-state index in [1.807, 2.05) is 37.3 Å². The van der Waals surface area contributed by atoms with Crippen LogP contribution in [0.25, 0.3) is 0 Å². The van der Waals surface area contributed by atoms with Gasteiger partial charge in [0.25, 0.3) is 11.8 Å². The molecule has 24 heavy (non-hydrogen) atoms. The fraction of sp³-hybridized carbons (Fsp3) is 0.111. The van der Waals surface area contributed by atoms with Gasteiger partial charge in [-0.05, 0) is 30.2 Å². The fourth-order valence-electron chi connectivity index (χ4n) is 2.44. The van der Waals surface area contributed by atoms with Gasteiger partial charge < -0.3 is 5.32 Å². The first-order valence-electron chi connectivity index (χ1n) is 7.31. The molecule has 2 aromatic rings. The van der Waals surface area contributed by atoms with Crippen LogP contribution in [0.1, 0.15) is 11.1 Å². The van der Waals surface area contributed by atoms with E-state index in [1.54, 1.807) is 18.2 Å². The first-order chi connectivity index (χ1) is 11.5. The lowest BCUT2D eigenvalue weighted by atomic mass is 10.2. The Morgan fingerprint density at radius 2 is 1.67 bits per heavy atom. The van der Waals surface area contributed by atoms with Crippen LogP contribution in [0.2, 0.25) is 5.02 Å². The van der Waals surface area contributed by atoms with Crippen LogP contribution in [0.5, 0.6) is 0 Å². The number of nitrogens with zero attached hydrogens (tertiary/aromatic N) is 1. The predicted molar refractivity (Wildman–Crippen MR) is 94.7 cm³/mol.